The van der Waals surface area contributed by atoms with Crippen molar-refractivity contribution in [3.8, 4) is 22.3 Å². The third-order valence-electron chi connectivity index (χ3n) is 17.6. The van der Waals surface area contributed by atoms with E-state index in [0.717, 1.165) is 102 Å². The van der Waals surface area contributed by atoms with Gasteiger partial charge in [0.05, 0.1) is 32.1 Å². The third-order valence-corrected chi connectivity index (χ3v) is 17.6. The van der Waals surface area contributed by atoms with E-state index in [1.807, 2.05) is 61.6 Å². The first-order valence-electron chi connectivity index (χ1n) is 32.8. The Morgan fingerprint density at radius 3 is 1.29 bits per heavy atom. The molecule has 93 heavy (non-hydrogen) atoms. The Kier molecular flexibility index (Phi) is 27.3. The third kappa shape index (κ3) is 20.2. The maximum atomic E-state index is 16.0. The molecule has 0 radical (unpaired) electrons. The molecule has 18 heteroatoms. The van der Waals surface area contributed by atoms with Gasteiger partial charge >= 0.3 is 17.9 Å². The number of aliphatic carboxylic acids is 1. The van der Waals surface area contributed by atoms with Gasteiger partial charge in [0, 0.05) is 61.6 Å². The zero-order valence-corrected chi connectivity index (χ0v) is 57.0. The van der Waals surface area contributed by atoms with Crippen LogP contribution in [0.25, 0.3) is 22.3 Å². The average molecular weight is 1290 g/mol. The molecule has 2 aromatic heterocycles. The van der Waals surface area contributed by atoms with E-state index in [-0.39, 0.29) is 84.0 Å². The molecule has 2 aliphatic rings. The molecule has 0 bridgehead atoms. The van der Waals surface area contributed by atoms with E-state index in [2.05, 4.69) is 9.80 Å². The molecule has 4 heterocycles. The number of nitrogens with zero attached hydrogens (tertiary/aromatic N) is 4. The smallest absolute Gasteiger partial charge is 0.326 e. The number of hydrogen-bond donors (Lipinski definition) is 2. The second-order valence-corrected chi connectivity index (χ2v) is 26.2. The van der Waals surface area contributed by atoms with E-state index in [1.54, 1.807) is 88.7 Å². The van der Waals surface area contributed by atoms with Crippen molar-refractivity contribution in [3.63, 3.8) is 0 Å². The van der Waals surface area contributed by atoms with Gasteiger partial charge in [-0.05, 0) is 278 Å². The second-order valence-electron chi connectivity index (χ2n) is 26.2. The average Bonchev–Trinajstić information content (AvgIpc) is 0.821. The van der Waals surface area contributed by atoms with Crippen molar-refractivity contribution in [1.29, 1.82) is 0 Å². The van der Waals surface area contributed by atoms with Crippen LogP contribution in [0.15, 0.2) is 82.6 Å². The lowest BCUT2D eigenvalue weighted by Gasteiger charge is -2.31. The summed E-state index contributed by atoms with van der Waals surface area (Å²) in [7, 11) is 0. The molecule has 0 saturated carbocycles. The molecule has 2 fully saturated rings. The quantitative estimate of drug-likeness (QED) is 0.0388. The molecule has 2 unspecified atom stereocenters. The number of aryl methyl sites for hydroxylation is 8. The highest BCUT2D eigenvalue weighted by Gasteiger charge is 2.32. The van der Waals surface area contributed by atoms with E-state index >= 15 is 4.39 Å². The number of benzene rings is 4. The lowest BCUT2D eigenvalue weighted by atomic mass is 9.83. The summed E-state index contributed by atoms with van der Waals surface area (Å²) in [5, 5.41) is 9.46. The van der Waals surface area contributed by atoms with Gasteiger partial charge in [-0.2, -0.15) is 0 Å². The summed E-state index contributed by atoms with van der Waals surface area (Å²) in [6.45, 7) is 32.4. The van der Waals surface area contributed by atoms with Crippen molar-refractivity contribution >= 4 is 23.7 Å². The molecule has 14 nitrogen and oxygen atoms in total. The summed E-state index contributed by atoms with van der Waals surface area (Å²) in [6.07, 6.45) is 8.12. The van der Waals surface area contributed by atoms with Gasteiger partial charge in [-0.15, -0.1) is 0 Å². The number of carboxylic acid groups (broad SMARTS) is 1. The number of carboxylic acids is 1. The number of pyridine rings is 2. The number of hydrogen-bond acceptors (Lipinski definition) is 11. The van der Waals surface area contributed by atoms with Crippen LogP contribution in [0.1, 0.15) is 177 Å². The summed E-state index contributed by atoms with van der Waals surface area (Å²) < 4.78 is 71.3. The number of carbonyl (C=O) groups is 4. The molecule has 8 rings (SSSR count). The normalized spacial score (nSPS) is 14.4. The minimum absolute atomic E-state index is 0.0990. The van der Waals surface area contributed by atoms with Gasteiger partial charge in [0.1, 0.15) is 29.3 Å². The number of esters is 2. The van der Waals surface area contributed by atoms with Crippen molar-refractivity contribution in [3.05, 3.63) is 184 Å². The molecule has 4 atom stereocenters. The topological polar surface area (TPSA) is 183 Å². The minimum Gasteiger partial charge on any atom is -0.480 e. The van der Waals surface area contributed by atoms with Crippen LogP contribution < -0.4 is 16.9 Å². The van der Waals surface area contributed by atoms with Gasteiger partial charge in [-0.25, -0.2) is 22.4 Å². The van der Waals surface area contributed by atoms with E-state index in [0.29, 0.717) is 40.7 Å². The van der Waals surface area contributed by atoms with Crippen molar-refractivity contribution in [2.75, 3.05) is 52.5 Å². The largest absolute Gasteiger partial charge is 0.480 e. The Labute approximate surface area is 546 Å². The van der Waals surface area contributed by atoms with Crippen LogP contribution in [0, 0.1) is 90.5 Å². The van der Waals surface area contributed by atoms with Gasteiger partial charge in [0.15, 0.2) is 5.78 Å². The van der Waals surface area contributed by atoms with Crippen LogP contribution in [0.4, 0.5) is 17.6 Å². The minimum atomic E-state index is -0.937. The number of halogens is 4. The summed E-state index contributed by atoms with van der Waals surface area (Å²) in [5.41, 5.74) is 16.8. The highest BCUT2D eigenvalue weighted by molar-refractivity contribution is 5.85. The Morgan fingerprint density at radius 1 is 0.516 bits per heavy atom. The molecule has 4 aromatic carbocycles. The fraction of sp³-hybridized carbons (Fsp3) is 0.493. The molecule has 0 aliphatic carbocycles. The Bertz CT molecular complexity index is 3710. The van der Waals surface area contributed by atoms with Crippen LogP contribution in [0.3, 0.4) is 0 Å². The first-order valence-corrected chi connectivity index (χ1v) is 32.8. The molecule has 2 aliphatic heterocycles. The van der Waals surface area contributed by atoms with Crippen LogP contribution in [-0.4, -0.2) is 100 Å². The van der Waals surface area contributed by atoms with Crippen molar-refractivity contribution in [2.45, 2.75) is 179 Å². The molecule has 3 N–H and O–H groups in total. The van der Waals surface area contributed by atoms with Gasteiger partial charge in [0.25, 0.3) is 11.1 Å². The standard InChI is InChI=1S/C38H48F2N2O4.C20H23F2NO2.C17H26N2O3/c1-8-46-36(45)21-29(32-19-30(15-27(7)38(32)40)37-25(5)16-31(39)17-26(37)6)20-34(43)33(14-23(2)3)42-22-28(24(4)18-35(42)44)10-13-41-11-9-12-41;1-5-25-18(24)10-17(23)16-9-14(6-13(4)20(16)22)19-11(2)7-15(21)8-12(19)3;1-12(2)9-15(17(21)22)19-11-14(13(3)10-16(19)20)5-8-18-6-4-7-18/h15-19,22-23,29,33H,8-14,20-21H2,1-7H3;6-9,17H,5,10,23H2,1-4H3;10-12,15H,4-9H2,1-3H3,(H,21,22)/t29-,33?;17-;/m00./s1. The molecule has 2 saturated heterocycles. The van der Waals surface area contributed by atoms with Gasteiger partial charge < -0.3 is 39.2 Å². The molecule has 0 amide bonds. The molecule has 0 spiro atoms. The van der Waals surface area contributed by atoms with Gasteiger partial charge in [0.2, 0.25) is 0 Å². The Hall–Kier alpha value is -7.54. The van der Waals surface area contributed by atoms with Gasteiger partial charge in [-0.1, -0.05) is 27.7 Å². The molecular weight excluding hydrogens is 1190 g/mol. The predicted molar refractivity (Wildman–Crippen MR) is 359 cm³/mol. The maximum absolute atomic E-state index is 16.0. The Morgan fingerprint density at radius 2 is 0.903 bits per heavy atom. The van der Waals surface area contributed by atoms with Crippen molar-refractivity contribution in [2.24, 2.45) is 17.6 Å². The molecule has 6 aromatic rings. The summed E-state index contributed by atoms with van der Waals surface area (Å²) in [6, 6.07) is 13.3. The number of likely N-dealkylation sites (tertiary alicyclic amines) is 2. The van der Waals surface area contributed by atoms with Crippen molar-refractivity contribution in [1.82, 2.24) is 18.9 Å². The molecular formula is C75H97F4N5O9. The van der Waals surface area contributed by atoms with Crippen LogP contribution in [0.2, 0.25) is 0 Å². The highest BCUT2D eigenvalue weighted by Crippen LogP contribution is 2.38. The van der Waals surface area contributed by atoms with Crippen LogP contribution in [0.5, 0.6) is 0 Å². The fourth-order valence-corrected chi connectivity index (χ4v) is 12.6. The van der Waals surface area contributed by atoms with E-state index in [4.69, 9.17) is 15.2 Å². The zero-order chi connectivity index (χ0) is 68.7. The summed E-state index contributed by atoms with van der Waals surface area (Å²) >= 11 is 0. The second kappa shape index (κ2) is 34.0. The van der Waals surface area contributed by atoms with E-state index < -0.39 is 53.6 Å². The number of ether oxygens (including phenoxy) is 2. The molecule has 504 valence electrons. The Balaban J connectivity index is 0.000000245. The maximum Gasteiger partial charge on any atom is 0.326 e. The summed E-state index contributed by atoms with van der Waals surface area (Å²) in [4.78, 5) is 80.7. The fourth-order valence-electron chi connectivity index (χ4n) is 12.6. The lowest BCUT2D eigenvalue weighted by Crippen LogP contribution is -2.38. The SMILES string of the molecule is CCOC(=O)C[C@H](CC(=O)C(CC(C)C)n1cc(CCN2CCC2)c(C)cc1=O)c1cc(-c2c(C)cc(F)cc2C)cc(C)c1F.CCOC(=O)C[C@H](N)c1cc(-c2c(C)cc(F)cc2C)cc(C)c1F.Cc1cc(=O)n(C(CC(C)C)C(=O)O)cc1CCN1CCC1. The predicted octanol–water partition coefficient (Wildman–Crippen LogP) is 14.1. The monoisotopic (exact) mass is 1290 g/mol. The van der Waals surface area contributed by atoms with Crippen LogP contribution in [-0.2, 0) is 41.5 Å². The number of aromatic nitrogens is 2. The van der Waals surface area contributed by atoms with Gasteiger partial charge in [-0.3, -0.25) is 24.0 Å². The van der Waals surface area contributed by atoms with Crippen LogP contribution >= 0.6 is 0 Å². The first kappa shape index (κ1) is 74.5. The van der Waals surface area contributed by atoms with E-state index in [9.17, 15) is 47.0 Å². The zero-order valence-electron chi connectivity index (χ0n) is 57.0. The number of carbonyl (C=O) groups excluding carboxylic acids is 3. The lowest BCUT2D eigenvalue weighted by molar-refractivity contribution is -0.144. The van der Waals surface area contributed by atoms with E-state index in [1.165, 1.54) is 41.7 Å². The summed E-state index contributed by atoms with van der Waals surface area (Å²) in [5.74, 6) is -4.26. The number of rotatable bonds is 26. The number of nitrogens with two attached hydrogens (primary N) is 1. The first-order chi connectivity index (χ1) is 43.9. The highest BCUT2D eigenvalue weighted by atomic mass is 19.1. The van der Waals surface area contributed by atoms with Crippen molar-refractivity contribution < 1.29 is 51.3 Å². The number of Topliss-reactive ketones (excluding diaryl/α,β-unsaturated/α-hetero) is 1. The number of ketones is 1.